The molecule has 0 aliphatic rings. The molecule has 2 aromatic carbocycles. The highest BCUT2D eigenvalue weighted by Gasteiger charge is 2.28. The number of benzene rings is 2. The smallest absolute Gasteiger partial charge is 0.349 e. The molecule has 2 atom stereocenters. The standard InChI is InChI=1S/C18H19NO7/c1-25-15-9-11(4-7-14(15)21)16(17(22)23)26-18(24)13(19)8-10-2-5-12(20)6-3-10/h2-7,9,13,16,20-21H,8,19H2,1H3,(H,22,23)/t13-,16?/m0/s1. The number of carbonyl (C=O) groups excluding carboxylic acids is 1. The van der Waals surface area contributed by atoms with Crippen LogP contribution in [0.3, 0.4) is 0 Å². The topological polar surface area (TPSA) is 139 Å². The lowest BCUT2D eigenvalue weighted by Gasteiger charge is -2.18. The Morgan fingerprint density at radius 3 is 2.35 bits per heavy atom. The Balaban J connectivity index is 2.12. The molecule has 0 saturated heterocycles. The van der Waals surface area contributed by atoms with Crippen LogP contribution < -0.4 is 10.5 Å². The number of methoxy groups -OCH3 is 1. The molecule has 1 unspecified atom stereocenters. The minimum absolute atomic E-state index is 0.0539. The predicted molar refractivity (Wildman–Crippen MR) is 90.9 cm³/mol. The first-order chi connectivity index (χ1) is 12.3. The number of esters is 1. The van der Waals surface area contributed by atoms with Gasteiger partial charge in [0.25, 0.3) is 0 Å². The summed E-state index contributed by atoms with van der Waals surface area (Å²) < 4.78 is 9.97. The molecule has 8 heteroatoms. The molecule has 2 rings (SSSR count). The molecule has 138 valence electrons. The van der Waals surface area contributed by atoms with Crippen molar-refractivity contribution in [3.8, 4) is 17.2 Å². The van der Waals surface area contributed by atoms with Gasteiger partial charge in [0.2, 0.25) is 6.10 Å². The molecule has 0 spiro atoms. The first-order valence-electron chi connectivity index (χ1n) is 7.65. The van der Waals surface area contributed by atoms with Crippen LogP contribution in [0.4, 0.5) is 0 Å². The van der Waals surface area contributed by atoms with Gasteiger partial charge < -0.3 is 30.5 Å². The third kappa shape index (κ3) is 4.64. The summed E-state index contributed by atoms with van der Waals surface area (Å²) in [5, 5.41) is 28.2. The van der Waals surface area contributed by atoms with E-state index in [1.165, 1.54) is 37.4 Å². The van der Waals surface area contributed by atoms with Crippen molar-refractivity contribution < 1.29 is 34.4 Å². The molecule has 0 bridgehead atoms. The van der Waals surface area contributed by atoms with Crippen molar-refractivity contribution in [2.24, 2.45) is 5.73 Å². The lowest BCUT2D eigenvalue weighted by Crippen LogP contribution is -2.36. The third-order valence-corrected chi connectivity index (χ3v) is 3.66. The molecule has 2 aromatic rings. The van der Waals surface area contributed by atoms with E-state index in [2.05, 4.69) is 0 Å². The summed E-state index contributed by atoms with van der Waals surface area (Å²) in [5.74, 6) is -2.31. The van der Waals surface area contributed by atoms with Crippen molar-refractivity contribution >= 4 is 11.9 Å². The maximum absolute atomic E-state index is 12.2. The minimum Gasteiger partial charge on any atom is -0.508 e. The SMILES string of the molecule is COc1cc(C(OC(=O)[C@@H](N)Cc2ccc(O)cc2)C(=O)O)ccc1O. The van der Waals surface area contributed by atoms with Gasteiger partial charge in [-0.3, -0.25) is 4.79 Å². The second-order valence-corrected chi connectivity index (χ2v) is 5.56. The van der Waals surface area contributed by atoms with Crippen molar-refractivity contribution in [2.75, 3.05) is 7.11 Å². The zero-order valence-corrected chi connectivity index (χ0v) is 14.0. The molecular weight excluding hydrogens is 342 g/mol. The molecular formula is C18H19NO7. The van der Waals surface area contributed by atoms with Crippen molar-refractivity contribution in [1.29, 1.82) is 0 Å². The number of aromatic hydroxyl groups is 2. The molecule has 0 aliphatic heterocycles. The number of carbonyl (C=O) groups is 2. The van der Waals surface area contributed by atoms with E-state index in [1.807, 2.05) is 0 Å². The van der Waals surface area contributed by atoms with Gasteiger partial charge in [0.15, 0.2) is 11.5 Å². The Morgan fingerprint density at radius 1 is 1.12 bits per heavy atom. The maximum atomic E-state index is 12.2. The molecule has 0 heterocycles. The van der Waals surface area contributed by atoms with E-state index in [0.717, 1.165) is 0 Å². The molecule has 26 heavy (non-hydrogen) atoms. The Hall–Kier alpha value is -3.26. The number of aliphatic carboxylic acids is 1. The van der Waals surface area contributed by atoms with Crippen LogP contribution in [-0.2, 0) is 20.7 Å². The van der Waals surface area contributed by atoms with E-state index in [9.17, 15) is 24.9 Å². The van der Waals surface area contributed by atoms with Crippen LogP contribution in [0.15, 0.2) is 42.5 Å². The Kier molecular flexibility index (Phi) is 6.03. The molecule has 8 nitrogen and oxygen atoms in total. The largest absolute Gasteiger partial charge is 0.508 e. The van der Waals surface area contributed by atoms with Gasteiger partial charge in [0.05, 0.1) is 7.11 Å². The number of rotatable bonds is 7. The first kappa shape index (κ1) is 19.1. The van der Waals surface area contributed by atoms with Crippen LogP contribution in [0.1, 0.15) is 17.2 Å². The summed E-state index contributed by atoms with van der Waals surface area (Å²) in [5.41, 5.74) is 6.61. The van der Waals surface area contributed by atoms with E-state index in [4.69, 9.17) is 15.2 Å². The highest BCUT2D eigenvalue weighted by molar-refractivity contribution is 5.82. The van der Waals surface area contributed by atoms with Crippen LogP contribution in [0.2, 0.25) is 0 Å². The van der Waals surface area contributed by atoms with Gasteiger partial charge in [0.1, 0.15) is 11.8 Å². The summed E-state index contributed by atoms with van der Waals surface area (Å²) in [6.07, 6.45) is -1.48. The summed E-state index contributed by atoms with van der Waals surface area (Å²) in [6, 6.07) is 8.85. The number of hydrogen-bond acceptors (Lipinski definition) is 7. The highest BCUT2D eigenvalue weighted by atomic mass is 16.6. The number of phenols is 2. The van der Waals surface area contributed by atoms with Gasteiger partial charge in [-0.2, -0.15) is 0 Å². The fraction of sp³-hybridized carbons (Fsp3) is 0.222. The van der Waals surface area contributed by atoms with Crippen LogP contribution in [0.25, 0.3) is 0 Å². The summed E-state index contributed by atoms with van der Waals surface area (Å²) in [4.78, 5) is 23.7. The van der Waals surface area contributed by atoms with Gasteiger partial charge in [-0.15, -0.1) is 0 Å². The molecule has 0 saturated carbocycles. The van der Waals surface area contributed by atoms with Gasteiger partial charge in [0, 0.05) is 5.56 Å². The zero-order valence-electron chi connectivity index (χ0n) is 14.0. The van der Waals surface area contributed by atoms with Gasteiger partial charge in [-0.1, -0.05) is 18.2 Å². The lowest BCUT2D eigenvalue weighted by atomic mass is 10.1. The number of phenolic OH excluding ortho intramolecular Hbond substituents is 2. The van der Waals surface area contributed by atoms with Crippen molar-refractivity contribution in [3.05, 3.63) is 53.6 Å². The lowest BCUT2D eigenvalue weighted by molar-refractivity contribution is -0.165. The van der Waals surface area contributed by atoms with Crippen LogP contribution in [0.5, 0.6) is 17.2 Å². The van der Waals surface area contributed by atoms with Crippen LogP contribution in [-0.4, -0.2) is 40.4 Å². The first-order valence-corrected chi connectivity index (χ1v) is 7.65. The fourth-order valence-electron chi connectivity index (χ4n) is 2.29. The molecule has 0 aliphatic carbocycles. The quantitative estimate of drug-likeness (QED) is 0.542. The second-order valence-electron chi connectivity index (χ2n) is 5.56. The average molecular weight is 361 g/mol. The Labute approximate surface area is 149 Å². The summed E-state index contributed by atoms with van der Waals surface area (Å²) in [7, 11) is 1.31. The third-order valence-electron chi connectivity index (χ3n) is 3.66. The number of carboxylic acid groups (broad SMARTS) is 1. The fourth-order valence-corrected chi connectivity index (χ4v) is 2.29. The summed E-state index contributed by atoms with van der Waals surface area (Å²) >= 11 is 0. The van der Waals surface area contributed by atoms with E-state index in [1.54, 1.807) is 12.1 Å². The normalized spacial score (nSPS) is 12.8. The average Bonchev–Trinajstić information content (AvgIpc) is 2.61. The number of carboxylic acids is 1. The second kappa shape index (κ2) is 8.21. The summed E-state index contributed by atoms with van der Waals surface area (Å²) in [6.45, 7) is 0. The van der Waals surface area contributed by atoms with Crippen LogP contribution in [0, 0.1) is 0 Å². The maximum Gasteiger partial charge on any atom is 0.349 e. The number of ether oxygens (including phenoxy) is 2. The molecule has 0 aromatic heterocycles. The molecule has 0 radical (unpaired) electrons. The highest BCUT2D eigenvalue weighted by Crippen LogP contribution is 2.30. The molecule has 0 fully saturated rings. The van der Waals surface area contributed by atoms with Crippen LogP contribution >= 0.6 is 0 Å². The van der Waals surface area contributed by atoms with Crippen molar-refractivity contribution in [2.45, 2.75) is 18.6 Å². The van der Waals surface area contributed by atoms with Crippen molar-refractivity contribution in [3.63, 3.8) is 0 Å². The monoisotopic (exact) mass is 361 g/mol. The van der Waals surface area contributed by atoms with E-state index < -0.39 is 24.1 Å². The van der Waals surface area contributed by atoms with Gasteiger partial charge in [-0.05, 0) is 36.2 Å². The van der Waals surface area contributed by atoms with Gasteiger partial charge >= 0.3 is 11.9 Å². The molecule has 0 amide bonds. The van der Waals surface area contributed by atoms with E-state index in [0.29, 0.717) is 5.56 Å². The molecule has 5 N–H and O–H groups in total. The predicted octanol–water partition coefficient (Wildman–Crippen LogP) is 1.35. The van der Waals surface area contributed by atoms with Gasteiger partial charge in [-0.25, -0.2) is 4.79 Å². The minimum atomic E-state index is -1.59. The number of nitrogens with two attached hydrogens (primary N) is 1. The Morgan fingerprint density at radius 2 is 1.77 bits per heavy atom. The van der Waals surface area contributed by atoms with E-state index >= 15 is 0 Å². The van der Waals surface area contributed by atoms with E-state index in [-0.39, 0.29) is 29.2 Å². The zero-order chi connectivity index (χ0) is 19.3. The van der Waals surface area contributed by atoms with Crippen molar-refractivity contribution in [1.82, 2.24) is 0 Å². The number of hydrogen-bond donors (Lipinski definition) is 4. The Bertz CT molecular complexity index is 789.